The molecule has 0 atom stereocenters. The summed E-state index contributed by atoms with van der Waals surface area (Å²) in [6.45, 7) is 6.21. The van der Waals surface area contributed by atoms with Crippen LogP contribution in [0.3, 0.4) is 0 Å². The van der Waals surface area contributed by atoms with Crippen LogP contribution >= 0.6 is 0 Å². The Labute approximate surface area is 154 Å². The number of hydrogen-bond donors (Lipinski definition) is 1. The largest absolute Gasteiger partial charge is 0.489 e. The minimum atomic E-state index is 0.547. The quantitative estimate of drug-likeness (QED) is 0.632. The van der Waals surface area contributed by atoms with Gasteiger partial charge in [0.15, 0.2) is 0 Å². The zero-order chi connectivity index (χ0) is 18.2. The number of hydrogen-bond acceptors (Lipinski definition) is 5. The van der Waals surface area contributed by atoms with Crippen LogP contribution in [0.1, 0.15) is 36.5 Å². The van der Waals surface area contributed by atoms with Crippen molar-refractivity contribution >= 4 is 5.95 Å². The van der Waals surface area contributed by atoms with E-state index in [4.69, 9.17) is 4.74 Å². The Morgan fingerprint density at radius 3 is 2.69 bits per heavy atom. The second-order valence-corrected chi connectivity index (χ2v) is 6.31. The summed E-state index contributed by atoms with van der Waals surface area (Å²) in [5.41, 5.74) is 3.48. The maximum absolute atomic E-state index is 6.03. The highest BCUT2D eigenvalue weighted by Gasteiger charge is 2.08. The molecule has 0 saturated carbocycles. The topological polar surface area (TPSA) is 64.9 Å². The minimum absolute atomic E-state index is 0.547. The van der Waals surface area contributed by atoms with Gasteiger partial charge in [0.1, 0.15) is 12.4 Å². The molecule has 2 aromatic carbocycles. The number of nitrogens with one attached hydrogen (secondary N) is 1. The molecule has 6 nitrogen and oxygen atoms in total. The molecule has 0 saturated heterocycles. The monoisotopic (exact) mass is 351 g/mol. The van der Waals surface area contributed by atoms with Crippen LogP contribution in [0.15, 0.2) is 48.5 Å². The van der Waals surface area contributed by atoms with Gasteiger partial charge in [-0.2, -0.15) is 0 Å². The smallest absolute Gasteiger partial charge is 0.243 e. The summed E-state index contributed by atoms with van der Waals surface area (Å²) in [6.07, 6.45) is 2.16. The SMILES string of the molecule is CCCCn1nnnc1NCc1ccccc1OCc1ccc(C)cc1. The van der Waals surface area contributed by atoms with Gasteiger partial charge in [0.05, 0.1) is 0 Å². The number of anilines is 1. The maximum atomic E-state index is 6.03. The molecule has 1 aromatic heterocycles. The summed E-state index contributed by atoms with van der Waals surface area (Å²) in [4.78, 5) is 0. The number of unbranched alkanes of at least 4 members (excludes halogenated alkanes) is 1. The Kier molecular flexibility index (Phi) is 6.19. The third-order valence-electron chi connectivity index (χ3n) is 4.18. The van der Waals surface area contributed by atoms with Crippen molar-refractivity contribution in [1.29, 1.82) is 0 Å². The Morgan fingerprint density at radius 1 is 1.08 bits per heavy atom. The van der Waals surface area contributed by atoms with Crippen LogP contribution in [0.4, 0.5) is 5.95 Å². The Morgan fingerprint density at radius 2 is 1.88 bits per heavy atom. The third-order valence-corrected chi connectivity index (χ3v) is 4.18. The fourth-order valence-corrected chi connectivity index (χ4v) is 2.60. The van der Waals surface area contributed by atoms with Gasteiger partial charge in [-0.1, -0.05) is 66.5 Å². The van der Waals surface area contributed by atoms with Crippen LogP contribution in [-0.4, -0.2) is 20.2 Å². The Bertz CT molecular complexity index is 813. The molecule has 6 heteroatoms. The van der Waals surface area contributed by atoms with Gasteiger partial charge in [-0.05, 0) is 35.4 Å². The Balaban J connectivity index is 1.62. The van der Waals surface area contributed by atoms with E-state index in [0.29, 0.717) is 19.1 Å². The zero-order valence-electron chi connectivity index (χ0n) is 15.4. The van der Waals surface area contributed by atoms with E-state index in [-0.39, 0.29) is 0 Å². The second-order valence-electron chi connectivity index (χ2n) is 6.31. The van der Waals surface area contributed by atoms with Crippen LogP contribution in [0.2, 0.25) is 0 Å². The average Bonchev–Trinajstić information content (AvgIpc) is 3.12. The number of aryl methyl sites for hydroxylation is 2. The molecule has 0 aliphatic rings. The van der Waals surface area contributed by atoms with Gasteiger partial charge in [0, 0.05) is 18.7 Å². The van der Waals surface area contributed by atoms with E-state index in [1.807, 2.05) is 18.2 Å². The molecule has 0 aliphatic carbocycles. The van der Waals surface area contributed by atoms with Crippen LogP contribution in [0.25, 0.3) is 0 Å². The third kappa shape index (κ3) is 4.81. The van der Waals surface area contributed by atoms with E-state index in [1.54, 1.807) is 4.68 Å². The number of nitrogens with zero attached hydrogens (tertiary/aromatic N) is 4. The van der Waals surface area contributed by atoms with Crippen molar-refractivity contribution in [2.24, 2.45) is 0 Å². The van der Waals surface area contributed by atoms with Crippen LogP contribution in [-0.2, 0) is 19.7 Å². The van der Waals surface area contributed by atoms with Gasteiger partial charge < -0.3 is 10.1 Å². The molecule has 1 N–H and O–H groups in total. The second kappa shape index (κ2) is 8.99. The molecule has 3 aromatic rings. The highest BCUT2D eigenvalue weighted by atomic mass is 16.5. The predicted molar refractivity (Wildman–Crippen MR) is 102 cm³/mol. The molecule has 1 heterocycles. The zero-order valence-corrected chi connectivity index (χ0v) is 15.4. The number of benzene rings is 2. The van der Waals surface area contributed by atoms with Crippen molar-refractivity contribution in [1.82, 2.24) is 20.2 Å². The standard InChI is InChI=1S/C20H25N5O/c1-3-4-13-25-20(22-23-24-25)21-14-18-7-5-6-8-19(18)26-15-17-11-9-16(2)10-12-17/h5-12H,3-4,13-15H2,1-2H3,(H,21,22,24). The summed E-state index contributed by atoms with van der Waals surface area (Å²) in [6, 6.07) is 16.4. The number of ether oxygens (including phenoxy) is 1. The number of aromatic nitrogens is 4. The lowest BCUT2D eigenvalue weighted by Crippen LogP contribution is -2.10. The summed E-state index contributed by atoms with van der Waals surface area (Å²) < 4.78 is 7.83. The van der Waals surface area contributed by atoms with E-state index in [1.165, 1.54) is 5.56 Å². The van der Waals surface area contributed by atoms with Crippen molar-refractivity contribution in [2.75, 3.05) is 5.32 Å². The van der Waals surface area contributed by atoms with E-state index >= 15 is 0 Å². The first kappa shape index (κ1) is 17.9. The highest BCUT2D eigenvalue weighted by molar-refractivity contribution is 5.37. The fraction of sp³-hybridized carbons (Fsp3) is 0.350. The summed E-state index contributed by atoms with van der Waals surface area (Å²) in [5.74, 6) is 1.56. The highest BCUT2D eigenvalue weighted by Crippen LogP contribution is 2.20. The lowest BCUT2D eigenvalue weighted by atomic mass is 10.1. The van der Waals surface area contributed by atoms with Gasteiger partial charge in [-0.25, -0.2) is 4.68 Å². The van der Waals surface area contributed by atoms with Crippen molar-refractivity contribution in [3.8, 4) is 5.75 Å². The summed E-state index contributed by atoms with van der Waals surface area (Å²) in [7, 11) is 0. The van der Waals surface area contributed by atoms with Crippen LogP contribution in [0, 0.1) is 6.92 Å². The minimum Gasteiger partial charge on any atom is -0.489 e. The summed E-state index contributed by atoms with van der Waals surface area (Å²) in [5, 5.41) is 15.2. The lowest BCUT2D eigenvalue weighted by molar-refractivity contribution is 0.303. The van der Waals surface area contributed by atoms with Crippen molar-refractivity contribution in [3.05, 3.63) is 65.2 Å². The molecule has 136 valence electrons. The first-order valence-corrected chi connectivity index (χ1v) is 9.02. The molecular formula is C20H25N5O. The molecule has 0 aliphatic heterocycles. The van der Waals surface area contributed by atoms with Gasteiger partial charge in [-0.3, -0.25) is 0 Å². The lowest BCUT2D eigenvalue weighted by Gasteiger charge is -2.13. The average molecular weight is 351 g/mol. The number of rotatable bonds is 9. The van der Waals surface area contributed by atoms with Crippen LogP contribution < -0.4 is 10.1 Å². The fourth-order valence-electron chi connectivity index (χ4n) is 2.60. The van der Waals surface area contributed by atoms with Gasteiger partial charge >= 0.3 is 0 Å². The first-order chi connectivity index (χ1) is 12.8. The van der Waals surface area contributed by atoms with Crippen molar-refractivity contribution in [3.63, 3.8) is 0 Å². The van der Waals surface area contributed by atoms with Gasteiger partial charge in [0.2, 0.25) is 5.95 Å². The maximum Gasteiger partial charge on any atom is 0.243 e. The van der Waals surface area contributed by atoms with E-state index in [2.05, 4.69) is 65.0 Å². The molecule has 26 heavy (non-hydrogen) atoms. The van der Waals surface area contributed by atoms with E-state index in [9.17, 15) is 0 Å². The molecular weight excluding hydrogens is 326 g/mol. The first-order valence-electron chi connectivity index (χ1n) is 9.02. The summed E-state index contributed by atoms with van der Waals surface area (Å²) >= 11 is 0. The van der Waals surface area contributed by atoms with Crippen molar-refractivity contribution < 1.29 is 4.74 Å². The van der Waals surface area contributed by atoms with Gasteiger partial charge in [-0.15, -0.1) is 0 Å². The van der Waals surface area contributed by atoms with Crippen molar-refractivity contribution in [2.45, 2.75) is 46.4 Å². The normalized spacial score (nSPS) is 10.7. The molecule has 0 spiro atoms. The van der Waals surface area contributed by atoms with E-state index in [0.717, 1.165) is 36.3 Å². The van der Waals surface area contributed by atoms with Crippen LogP contribution in [0.5, 0.6) is 5.75 Å². The number of tetrazole rings is 1. The molecule has 0 unspecified atom stereocenters. The molecule has 0 radical (unpaired) electrons. The Hall–Kier alpha value is -2.89. The molecule has 0 bridgehead atoms. The molecule has 3 rings (SSSR count). The van der Waals surface area contributed by atoms with E-state index < -0.39 is 0 Å². The van der Waals surface area contributed by atoms with Gasteiger partial charge in [0.25, 0.3) is 0 Å². The molecule has 0 amide bonds. The predicted octanol–water partition coefficient (Wildman–Crippen LogP) is 3.97. The number of para-hydroxylation sites is 1. The molecule has 0 fully saturated rings.